The van der Waals surface area contributed by atoms with Crippen LogP contribution in [0.1, 0.15) is 32.1 Å². The number of hydrogen-bond donors (Lipinski definition) is 0. The maximum atomic E-state index is 11.6. The monoisotopic (exact) mass is 162 g/mol. The molecular formula is C11H14O. The summed E-state index contributed by atoms with van der Waals surface area (Å²) in [7, 11) is 0. The molecule has 3 rings (SSSR count). The molecule has 0 aromatic rings. The Kier molecular flexibility index (Phi) is 1.15. The van der Waals surface area contributed by atoms with Gasteiger partial charge in [-0.3, -0.25) is 4.79 Å². The molecule has 0 unspecified atom stereocenters. The van der Waals surface area contributed by atoms with Crippen molar-refractivity contribution in [1.82, 2.24) is 0 Å². The van der Waals surface area contributed by atoms with Gasteiger partial charge < -0.3 is 0 Å². The van der Waals surface area contributed by atoms with Crippen molar-refractivity contribution in [2.75, 3.05) is 0 Å². The Morgan fingerprint density at radius 3 is 3.17 bits per heavy atom. The highest BCUT2D eigenvalue weighted by Crippen LogP contribution is 2.66. The average Bonchev–Trinajstić information content (AvgIpc) is 2.78. The smallest absolute Gasteiger partial charge is 0.159 e. The van der Waals surface area contributed by atoms with Gasteiger partial charge in [-0.1, -0.05) is 18.9 Å². The maximum Gasteiger partial charge on any atom is 0.159 e. The third kappa shape index (κ3) is 0.675. The standard InChI is InChI=1S/C11H14O/c12-10-5-4-8-7-11(8)6-2-1-3-9(10)11/h4-5,8-9H,1-3,6-7H2/t8-,9+,11+/m1/s1. The van der Waals surface area contributed by atoms with Crippen molar-refractivity contribution in [3.05, 3.63) is 12.2 Å². The molecule has 0 aromatic carbocycles. The van der Waals surface area contributed by atoms with Crippen molar-refractivity contribution in [3.63, 3.8) is 0 Å². The Morgan fingerprint density at radius 2 is 2.33 bits per heavy atom. The van der Waals surface area contributed by atoms with Crippen LogP contribution in [0.25, 0.3) is 0 Å². The van der Waals surface area contributed by atoms with E-state index in [1.807, 2.05) is 6.08 Å². The van der Waals surface area contributed by atoms with Crippen LogP contribution in [0.2, 0.25) is 0 Å². The first-order valence-corrected chi connectivity index (χ1v) is 5.05. The summed E-state index contributed by atoms with van der Waals surface area (Å²) in [5.74, 6) is 1.62. The van der Waals surface area contributed by atoms with Gasteiger partial charge in [0.2, 0.25) is 0 Å². The lowest BCUT2D eigenvalue weighted by atomic mass is 9.71. The van der Waals surface area contributed by atoms with Crippen molar-refractivity contribution in [1.29, 1.82) is 0 Å². The van der Waals surface area contributed by atoms with E-state index in [1.54, 1.807) is 0 Å². The summed E-state index contributed by atoms with van der Waals surface area (Å²) >= 11 is 0. The topological polar surface area (TPSA) is 17.1 Å². The van der Waals surface area contributed by atoms with E-state index in [9.17, 15) is 4.79 Å². The SMILES string of the molecule is O=C1C=C[C@@H]2C[C@@]23CCCC[C@@H]13. The average molecular weight is 162 g/mol. The molecule has 3 aliphatic carbocycles. The van der Waals surface area contributed by atoms with Gasteiger partial charge in [-0.25, -0.2) is 0 Å². The van der Waals surface area contributed by atoms with E-state index < -0.39 is 0 Å². The van der Waals surface area contributed by atoms with Crippen LogP contribution in [-0.4, -0.2) is 5.78 Å². The number of ketones is 1. The number of carbonyl (C=O) groups is 1. The number of carbonyl (C=O) groups excluding carboxylic acids is 1. The summed E-state index contributed by atoms with van der Waals surface area (Å²) in [4.78, 5) is 11.6. The summed E-state index contributed by atoms with van der Waals surface area (Å²) in [6.45, 7) is 0. The largest absolute Gasteiger partial charge is 0.295 e. The second-order valence-corrected chi connectivity index (χ2v) is 4.60. The third-order valence-corrected chi connectivity index (χ3v) is 4.09. The van der Waals surface area contributed by atoms with Crippen LogP contribution in [0.4, 0.5) is 0 Å². The molecule has 0 bridgehead atoms. The molecule has 2 fully saturated rings. The number of rotatable bonds is 0. The molecule has 0 amide bonds. The fourth-order valence-electron chi connectivity index (χ4n) is 3.32. The summed E-state index contributed by atoms with van der Waals surface area (Å²) in [5.41, 5.74) is 0.476. The van der Waals surface area contributed by atoms with E-state index in [4.69, 9.17) is 0 Å². The van der Waals surface area contributed by atoms with E-state index in [1.165, 1.54) is 32.1 Å². The Bertz CT molecular complexity index is 266. The number of allylic oxidation sites excluding steroid dienone is 2. The van der Waals surface area contributed by atoms with Crippen LogP contribution in [0, 0.1) is 17.3 Å². The molecule has 1 nitrogen and oxygen atoms in total. The Balaban J connectivity index is 1.99. The second-order valence-electron chi connectivity index (χ2n) is 4.60. The quantitative estimate of drug-likeness (QED) is 0.534. The zero-order valence-corrected chi connectivity index (χ0v) is 7.25. The fraction of sp³-hybridized carbons (Fsp3) is 0.727. The lowest BCUT2D eigenvalue weighted by Crippen LogP contribution is -2.30. The highest BCUT2D eigenvalue weighted by atomic mass is 16.1. The molecule has 12 heavy (non-hydrogen) atoms. The maximum absolute atomic E-state index is 11.6. The molecule has 0 heterocycles. The molecule has 0 aliphatic heterocycles. The van der Waals surface area contributed by atoms with Crippen LogP contribution in [-0.2, 0) is 4.79 Å². The van der Waals surface area contributed by atoms with Gasteiger partial charge in [-0.2, -0.15) is 0 Å². The van der Waals surface area contributed by atoms with E-state index in [-0.39, 0.29) is 0 Å². The molecule has 0 aromatic heterocycles. The minimum atomic E-state index is 0.418. The predicted octanol–water partition coefficient (Wildman–Crippen LogP) is 2.32. The summed E-state index contributed by atoms with van der Waals surface area (Å²) in [6, 6.07) is 0. The number of hydrogen-bond acceptors (Lipinski definition) is 1. The van der Waals surface area contributed by atoms with Gasteiger partial charge in [0, 0.05) is 5.92 Å². The molecule has 2 saturated carbocycles. The van der Waals surface area contributed by atoms with E-state index >= 15 is 0 Å². The molecular weight excluding hydrogens is 148 g/mol. The van der Waals surface area contributed by atoms with Gasteiger partial charge in [0.15, 0.2) is 5.78 Å². The first-order valence-electron chi connectivity index (χ1n) is 5.05. The molecule has 0 N–H and O–H groups in total. The van der Waals surface area contributed by atoms with Crippen molar-refractivity contribution >= 4 is 5.78 Å². The molecule has 0 radical (unpaired) electrons. The van der Waals surface area contributed by atoms with Gasteiger partial charge in [0.1, 0.15) is 0 Å². The fourth-order valence-corrected chi connectivity index (χ4v) is 3.32. The summed E-state index contributed by atoms with van der Waals surface area (Å²) in [5, 5.41) is 0. The summed E-state index contributed by atoms with van der Waals surface area (Å²) < 4.78 is 0. The third-order valence-electron chi connectivity index (χ3n) is 4.09. The highest BCUT2D eigenvalue weighted by molar-refractivity contribution is 5.94. The first kappa shape index (κ1) is 6.88. The van der Waals surface area contributed by atoms with Crippen LogP contribution < -0.4 is 0 Å². The van der Waals surface area contributed by atoms with Crippen LogP contribution in [0.15, 0.2) is 12.2 Å². The van der Waals surface area contributed by atoms with E-state index in [2.05, 4.69) is 6.08 Å². The second kappa shape index (κ2) is 2.01. The van der Waals surface area contributed by atoms with Gasteiger partial charge in [-0.15, -0.1) is 0 Å². The molecule has 0 saturated heterocycles. The Labute approximate surface area is 72.8 Å². The van der Waals surface area contributed by atoms with E-state index in [0.717, 1.165) is 5.92 Å². The zero-order chi connectivity index (χ0) is 8.18. The Hall–Kier alpha value is -0.590. The van der Waals surface area contributed by atoms with Crippen molar-refractivity contribution in [3.8, 4) is 0 Å². The van der Waals surface area contributed by atoms with Crippen LogP contribution >= 0.6 is 0 Å². The Morgan fingerprint density at radius 1 is 1.42 bits per heavy atom. The minimum Gasteiger partial charge on any atom is -0.295 e. The zero-order valence-electron chi connectivity index (χ0n) is 7.25. The van der Waals surface area contributed by atoms with Gasteiger partial charge in [0.05, 0.1) is 0 Å². The molecule has 3 atom stereocenters. The lowest BCUT2D eigenvalue weighted by molar-refractivity contribution is -0.122. The molecule has 1 spiro atoms. The van der Waals surface area contributed by atoms with Crippen LogP contribution in [0.5, 0.6) is 0 Å². The van der Waals surface area contributed by atoms with Crippen molar-refractivity contribution in [2.24, 2.45) is 17.3 Å². The molecule has 64 valence electrons. The normalized spacial score (nSPS) is 49.8. The van der Waals surface area contributed by atoms with Crippen molar-refractivity contribution < 1.29 is 4.79 Å². The van der Waals surface area contributed by atoms with Gasteiger partial charge >= 0.3 is 0 Å². The molecule has 3 aliphatic rings. The highest BCUT2D eigenvalue weighted by Gasteiger charge is 2.61. The predicted molar refractivity (Wildman–Crippen MR) is 46.6 cm³/mol. The minimum absolute atomic E-state index is 0.418. The summed E-state index contributed by atoms with van der Waals surface area (Å²) in [6.07, 6.45) is 10.4. The lowest BCUT2D eigenvalue weighted by Gasteiger charge is -2.32. The van der Waals surface area contributed by atoms with Crippen LogP contribution in [0.3, 0.4) is 0 Å². The molecule has 1 heteroatoms. The van der Waals surface area contributed by atoms with Crippen molar-refractivity contribution in [2.45, 2.75) is 32.1 Å². The van der Waals surface area contributed by atoms with E-state index in [0.29, 0.717) is 17.1 Å². The van der Waals surface area contributed by atoms with Gasteiger partial charge in [-0.05, 0) is 36.7 Å². The first-order chi connectivity index (χ1) is 5.83. The van der Waals surface area contributed by atoms with Gasteiger partial charge in [0.25, 0.3) is 0 Å².